The number of hydrogen-bond acceptors (Lipinski definition) is 5. The number of ether oxygens (including phenoxy) is 1. The quantitative estimate of drug-likeness (QED) is 0.646. The van der Waals surface area contributed by atoms with Crippen LogP contribution in [-0.4, -0.2) is 23.1 Å². The predicted molar refractivity (Wildman–Crippen MR) is 95.1 cm³/mol. The molecule has 142 valence electrons. The summed E-state index contributed by atoms with van der Waals surface area (Å²) in [7, 11) is 0. The molecule has 0 unspecified atom stereocenters. The van der Waals surface area contributed by atoms with Gasteiger partial charge in [-0.25, -0.2) is 4.98 Å². The number of hydrogen-bond donors (Lipinski definition) is 2. The molecule has 2 rings (SSSR count). The highest BCUT2D eigenvalue weighted by atomic mass is 19.4. The van der Waals surface area contributed by atoms with Gasteiger partial charge in [0, 0.05) is 6.54 Å². The average molecular weight is 368 g/mol. The van der Waals surface area contributed by atoms with Gasteiger partial charge in [-0.3, -0.25) is 0 Å². The first-order valence-electron chi connectivity index (χ1n) is 8.56. The van der Waals surface area contributed by atoms with Crippen LogP contribution in [0.5, 0.6) is 5.75 Å². The number of nitrogens with zero attached hydrogens (tertiary/aromatic N) is 2. The zero-order valence-electron chi connectivity index (χ0n) is 14.6. The SMILES string of the molecule is CCCCNc1nc(N)ncc1OCCCc1ccccc1C(F)(F)F. The van der Waals surface area contributed by atoms with Gasteiger partial charge in [-0.1, -0.05) is 31.5 Å². The molecule has 0 atom stereocenters. The fourth-order valence-electron chi connectivity index (χ4n) is 2.46. The predicted octanol–water partition coefficient (Wildman–Crippen LogP) is 4.30. The minimum Gasteiger partial charge on any atom is -0.488 e. The maximum Gasteiger partial charge on any atom is 0.416 e. The fourth-order valence-corrected chi connectivity index (χ4v) is 2.46. The van der Waals surface area contributed by atoms with Crippen molar-refractivity contribution in [1.82, 2.24) is 9.97 Å². The van der Waals surface area contributed by atoms with Crippen LogP contribution in [0.3, 0.4) is 0 Å². The van der Waals surface area contributed by atoms with Gasteiger partial charge in [-0.15, -0.1) is 0 Å². The Morgan fingerprint density at radius 1 is 1.19 bits per heavy atom. The molecule has 1 heterocycles. The molecule has 5 nitrogen and oxygen atoms in total. The molecular weight excluding hydrogens is 345 g/mol. The van der Waals surface area contributed by atoms with Crippen molar-refractivity contribution in [1.29, 1.82) is 0 Å². The van der Waals surface area contributed by atoms with Gasteiger partial charge in [-0.05, 0) is 30.9 Å². The molecule has 0 aliphatic rings. The molecule has 26 heavy (non-hydrogen) atoms. The number of aromatic nitrogens is 2. The van der Waals surface area contributed by atoms with E-state index in [0.717, 1.165) is 25.5 Å². The zero-order chi connectivity index (χ0) is 19.0. The highest BCUT2D eigenvalue weighted by Gasteiger charge is 2.32. The largest absolute Gasteiger partial charge is 0.488 e. The zero-order valence-corrected chi connectivity index (χ0v) is 14.6. The van der Waals surface area contributed by atoms with Crippen molar-refractivity contribution >= 4 is 11.8 Å². The van der Waals surface area contributed by atoms with Crippen LogP contribution in [0.1, 0.15) is 37.3 Å². The molecule has 3 N–H and O–H groups in total. The van der Waals surface area contributed by atoms with Gasteiger partial charge in [0.1, 0.15) is 0 Å². The van der Waals surface area contributed by atoms with E-state index in [9.17, 15) is 13.2 Å². The number of unbranched alkanes of at least 4 members (excludes halogenated alkanes) is 1. The van der Waals surface area contributed by atoms with E-state index in [-0.39, 0.29) is 24.5 Å². The molecule has 0 radical (unpaired) electrons. The van der Waals surface area contributed by atoms with Crippen molar-refractivity contribution in [3.05, 3.63) is 41.6 Å². The van der Waals surface area contributed by atoms with Gasteiger partial charge >= 0.3 is 6.18 Å². The first-order chi connectivity index (χ1) is 12.4. The van der Waals surface area contributed by atoms with Crippen molar-refractivity contribution in [2.24, 2.45) is 0 Å². The molecule has 0 fully saturated rings. The second kappa shape index (κ2) is 9.26. The van der Waals surface area contributed by atoms with Gasteiger partial charge in [0.25, 0.3) is 0 Å². The Bertz CT molecular complexity index is 707. The Kier molecular flexibility index (Phi) is 7.06. The third-order valence-electron chi connectivity index (χ3n) is 3.77. The van der Waals surface area contributed by atoms with E-state index in [1.54, 1.807) is 6.07 Å². The van der Waals surface area contributed by atoms with Crippen molar-refractivity contribution in [2.45, 2.75) is 38.8 Å². The lowest BCUT2D eigenvalue weighted by molar-refractivity contribution is -0.138. The van der Waals surface area contributed by atoms with Gasteiger partial charge in [0.15, 0.2) is 11.6 Å². The van der Waals surface area contributed by atoms with E-state index in [2.05, 4.69) is 22.2 Å². The molecule has 0 saturated heterocycles. The molecule has 0 aliphatic carbocycles. The summed E-state index contributed by atoms with van der Waals surface area (Å²) in [6.07, 6.45) is -0.172. The summed E-state index contributed by atoms with van der Waals surface area (Å²) in [6.45, 7) is 3.05. The lowest BCUT2D eigenvalue weighted by Crippen LogP contribution is -2.11. The summed E-state index contributed by atoms with van der Waals surface area (Å²) in [5.74, 6) is 1.08. The van der Waals surface area contributed by atoms with Crippen LogP contribution in [-0.2, 0) is 12.6 Å². The van der Waals surface area contributed by atoms with Crippen LogP contribution in [0.15, 0.2) is 30.5 Å². The second-order valence-electron chi connectivity index (χ2n) is 5.83. The molecule has 0 spiro atoms. The topological polar surface area (TPSA) is 73.1 Å². The molecule has 1 aromatic carbocycles. The van der Waals surface area contributed by atoms with E-state index >= 15 is 0 Å². The molecule has 0 amide bonds. The standard InChI is InChI=1S/C18H23F3N4O/c1-2-3-10-23-16-15(12-24-17(22)25-16)26-11-6-8-13-7-4-5-9-14(13)18(19,20)21/h4-5,7,9,12H,2-3,6,8,10-11H2,1H3,(H3,22,23,24,25). The van der Waals surface area contributed by atoms with Gasteiger partial charge in [0.2, 0.25) is 5.95 Å². The number of halogens is 3. The molecule has 0 bridgehead atoms. The molecule has 0 aliphatic heterocycles. The molecule has 8 heteroatoms. The minimum absolute atomic E-state index is 0.135. The van der Waals surface area contributed by atoms with Crippen molar-refractivity contribution in [3.8, 4) is 5.75 Å². The number of nitrogens with two attached hydrogens (primary N) is 1. The lowest BCUT2D eigenvalue weighted by atomic mass is 10.0. The Balaban J connectivity index is 1.93. The summed E-state index contributed by atoms with van der Waals surface area (Å²) in [5.41, 5.74) is 5.26. The van der Waals surface area contributed by atoms with E-state index in [4.69, 9.17) is 10.5 Å². The van der Waals surface area contributed by atoms with Crippen LogP contribution in [0.25, 0.3) is 0 Å². The number of benzene rings is 1. The summed E-state index contributed by atoms with van der Waals surface area (Å²) in [5, 5.41) is 3.14. The number of alkyl halides is 3. The first-order valence-corrected chi connectivity index (χ1v) is 8.56. The lowest BCUT2D eigenvalue weighted by Gasteiger charge is -2.14. The van der Waals surface area contributed by atoms with Gasteiger partial charge in [-0.2, -0.15) is 18.2 Å². The molecule has 2 aromatic rings. The van der Waals surface area contributed by atoms with Crippen LogP contribution in [0.2, 0.25) is 0 Å². The second-order valence-corrected chi connectivity index (χ2v) is 5.83. The summed E-state index contributed by atoms with van der Waals surface area (Å²) < 4.78 is 44.6. The summed E-state index contributed by atoms with van der Waals surface area (Å²) >= 11 is 0. The Morgan fingerprint density at radius 2 is 1.96 bits per heavy atom. The summed E-state index contributed by atoms with van der Waals surface area (Å²) in [6, 6.07) is 5.59. The van der Waals surface area contributed by atoms with E-state index in [1.807, 2.05) is 0 Å². The number of nitrogen functional groups attached to an aromatic ring is 1. The molecular formula is C18H23F3N4O. The first kappa shape index (κ1) is 19.8. The maximum atomic E-state index is 13.0. The van der Waals surface area contributed by atoms with E-state index in [0.29, 0.717) is 18.0 Å². The number of rotatable bonds is 9. The third kappa shape index (κ3) is 5.79. The van der Waals surface area contributed by atoms with Gasteiger partial charge in [0.05, 0.1) is 18.4 Å². The van der Waals surface area contributed by atoms with Crippen LogP contribution in [0, 0.1) is 0 Å². The fraction of sp³-hybridized carbons (Fsp3) is 0.444. The molecule has 0 saturated carbocycles. The third-order valence-corrected chi connectivity index (χ3v) is 3.77. The van der Waals surface area contributed by atoms with E-state index < -0.39 is 11.7 Å². The Hall–Kier alpha value is -2.51. The van der Waals surface area contributed by atoms with Crippen molar-refractivity contribution < 1.29 is 17.9 Å². The van der Waals surface area contributed by atoms with Crippen LogP contribution >= 0.6 is 0 Å². The monoisotopic (exact) mass is 368 g/mol. The van der Waals surface area contributed by atoms with Crippen molar-refractivity contribution in [3.63, 3.8) is 0 Å². The molecule has 1 aromatic heterocycles. The summed E-state index contributed by atoms with van der Waals surface area (Å²) in [4.78, 5) is 8.01. The van der Waals surface area contributed by atoms with Crippen molar-refractivity contribution in [2.75, 3.05) is 24.2 Å². The van der Waals surface area contributed by atoms with Crippen LogP contribution in [0.4, 0.5) is 24.9 Å². The smallest absolute Gasteiger partial charge is 0.416 e. The Labute approximate surface area is 150 Å². The number of anilines is 2. The van der Waals surface area contributed by atoms with Crippen LogP contribution < -0.4 is 15.8 Å². The van der Waals surface area contributed by atoms with E-state index in [1.165, 1.54) is 18.3 Å². The number of aryl methyl sites for hydroxylation is 1. The highest BCUT2D eigenvalue weighted by Crippen LogP contribution is 2.32. The average Bonchev–Trinajstić information content (AvgIpc) is 2.60. The van der Waals surface area contributed by atoms with Gasteiger partial charge < -0.3 is 15.8 Å². The highest BCUT2D eigenvalue weighted by molar-refractivity contribution is 5.51. The Morgan fingerprint density at radius 3 is 2.69 bits per heavy atom. The minimum atomic E-state index is -4.35. The normalized spacial score (nSPS) is 11.4. The maximum absolute atomic E-state index is 13.0. The number of nitrogens with one attached hydrogen (secondary N) is 1.